The number of rotatable bonds is 5. The molecule has 1 rings (SSSR count). The first-order valence-corrected chi connectivity index (χ1v) is 8.51. The molecule has 0 heterocycles. The molecule has 1 saturated carbocycles. The molecule has 0 spiro atoms. The van der Waals surface area contributed by atoms with Crippen LogP contribution in [0.3, 0.4) is 0 Å². The Balaban J connectivity index is 2.36. The van der Waals surface area contributed by atoms with Crippen LogP contribution in [0.15, 0.2) is 0 Å². The van der Waals surface area contributed by atoms with E-state index in [1.807, 2.05) is 0 Å². The van der Waals surface area contributed by atoms with Gasteiger partial charge in [0.15, 0.2) is 9.84 Å². The minimum atomic E-state index is -2.89. The standard InChI is InChI=1S/C13H27NO2S/c1-10(2)17(15,16)9-8-14-13-7-5-6-11(3)12(13)4/h10-14H,5-9H2,1-4H3. The molecule has 1 fully saturated rings. The summed E-state index contributed by atoms with van der Waals surface area (Å²) in [6, 6.07) is 0.501. The molecular weight excluding hydrogens is 234 g/mol. The number of sulfone groups is 1. The van der Waals surface area contributed by atoms with Gasteiger partial charge < -0.3 is 5.32 Å². The van der Waals surface area contributed by atoms with Crippen molar-refractivity contribution in [2.24, 2.45) is 11.8 Å². The molecule has 3 unspecified atom stereocenters. The van der Waals surface area contributed by atoms with Crippen molar-refractivity contribution in [1.29, 1.82) is 0 Å². The second kappa shape index (κ2) is 6.19. The van der Waals surface area contributed by atoms with E-state index in [4.69, 9.17) is 0 Å². The monoisotopic (exact) mass is 261 g/mol. The van der Waals surface area contributed by atoms with Crippen LogP contribution in [0.5, 0.6) is 0 Å². The van der Waals surface area contributed by atoms with Gasteiger partial charge in [-0.25, -0.2) is 8.42 Å². The van der Waals surface area contributed by atoms with Gasteiger partial charge in [0, 0.05) is 12.6 Å². The largest absolute Gasteiger partial charge is 0.313 e. The highest BCUT2D eigenvalue weighted by atomic mass is 32.2. The molecule has 3 nitrogen and oxygen atoms in total. The third-order valence-electron chi connectivity index (χ3n) is 4.22. The first kappa shape index (κ1) is 15.0. The fraction of sp³-hybridized carbons (Fsp3) is 1.00. The van der Waals surface area contributed by atoms with Gasteiger partial charge in [0.05, 0.1) is 11.0 Å². The Bertz CT molecular complexity index is 324. The first-order chi connectivity index (χ1) is 7.84. The Labute approximate surface area is 106 Å². The molecule has 0 saturated heterocycles. The van der Waals surface area contributed by atoms with Crippen molar-refractivity contribution in [2.45, 2.75) is 58.2 Å². The molecule has 102 valence electrons. The van der Waals surface area contributed by atoms with Crippen molar-refractivity contribution >= 4 is 9.84 Å². The normalized spacial score (nSPS) is 30.8. The summed E-state index contributed by atoms with van der Waals surface area (Å²) < 4.78 is 23.4. The van der Waals surface area contributed by atoms with Crippen molar-refractivity contribution < 1.29 is 8.42 Å². The van der Waals surface area contributed by atoms with Gasteiger partial charge >= 0.3 is 0 Å². The van der Waals surface area contributed by atoms with Gasteiger partial charge in [0.2, 0.25) is 0 Å². The van der Waals surface area contributed by atoms with Crippen molar-refractivity contribution in [3.05, 3.63) is 0 Å². The lowest BCUT2D eigenvalue weighted by molar-refractivity contribution is 0.209. The smallest absolute Gasteiger partial charge is 0.153 e. The van der Waals surface area contributed by atoms with Crippen molar-refractivity contribution in [2.75, 3.05) is 12.3 Å². The average molecular weight is 261 g/mol. The van der Waals surface area contributed by atoms with E-state index in [1.54, 1.807) is 13.8 Å². The third kappa shape index (κ3) is 4.25. The number of hydrogen-bond acceptors (Lipinski definition) is 3. The molecule has 0 aromatic carbocycles. The van der Waals surface area contributed by atoms with Gasteiger partial charge in [-0.1, -0.05) is 26.7 Å². The van der Waals surface area contributed by atoms with Gasteiger partial charge in [0.1, 0.15) is 0 Å². The highest BCUT2D eigenvalue weighted by molar-refractivity contribution is 7.92. The van der Waals surface area contributed by atoms with Gasteiger partial charge in [-0.15, -0.1) is 0 Å². The SMILES string of the molecule is CC1CCCC(NCCS(=O)(=O)C(C)C)C1C. The molecular formula is C13H27NO2S. The summed E-state index contributed by atoms with van der Waals surface area (Å²) in [7, 11) is -2.89. The maximum atomic E-state index is 11.7. The Morgan fingerprint density at radius 3 is 2.47 bits per heavy atom. The molecule has 0 aliphatic heterocycles. The molecule has 4 heteroatoms. The molecule has 3 atom stereocenters. The molecule has 17 heavy (non-hydrogen) atoms. The predicted octanol–water partition coefficient (Wildman–Crippen LogP) is 2.22. The van der Waals surface area contributed by atoms with Crippen LogP contribution in [0, 0.1) is 11.8 Å². The van der Waals surface area contributed by atoms with Crippen LogP contribution in [-0.2, 0) is 9.84 Å². The van der Waals surface area contributed by atoms with E-state index in [9.17, 15) is 8.42 Å². The lowest BCUT2D eigenvalue weighted by Crippen LogP contribution is -2.42. The summed E-state index contributed by atoms with van der Waals surface area (Å²) in [6.07, 6.45) is 3.76. The van der Waals surface area contributed by atoms with Crippen molar-refractivity contribution in [3.63, 3.8) is 0 Å². The van der Waals surface area contributed by atoms with E-state index in [1.165, 1.54) is 19.3 Å². The van der Waals surface area contributed by atoms with Gasteiger partial charge in [-0.05, 0) is 32.1 Å². The van der Waals surface area contributed by atoms with Crippen LogP contribution in [-0.4, -0.2) is 32.0 Å². The molecule has 1 N–H and O–H groups in total. The number of hydrogen-bond donors (Lipinski definition) is 1. The van der Waals surface area contributed by atoms with Crippen LogP contribution in [0.1, 0.15) is 47.0 Å². The highest BCUT2D eigenvalue weighted by Crippen LogP contribution is 2.29. The third-order valence-corrected chi connectivity index (χ3v) is 6.43. The van der Waals surface area contributed by atoms with E-state index in [2.05, 4.69) is 19.2 Å². The quantitative estimate of drug-likeness (QED) is 0.825. The maximum Gasteiger partial charge on any atom is 0.153 e. The van der Waals surface area contributed by atoms with E-state index in [-0.39, 0.29) is 11.0 Å². The summed E-state index contributed by atoms with van der Waals surface area (Å²) in [5.41, 5.74) is 0. The summed E-state index contributed by atoms with van der Waals surface area (Å²) in [4.78, 5) is 0. The summed E-state index contributed by atoms with van der Waals surface area (Å²) >= 11 is 0. The Morgan fingerprint density at radius 2 is 1.88 bits per heavy atom. The zero-order valence-electron chi connectivity index (χ0n) is 11.6. The maximum absolute atomic E-state index is 11.7. The second-order valence-electron chi connectivity index (χ2n) is 5.74. The molecule has 0 radical (unpaired) electrons. The summed E-state index contributed by atoms with van der Waals surface area (Å²) in [5, 5.41) is 3.18. The molecule has 0 aromatic rings. The van der Waals surface area contributed by atoms with E-state index in [0.29, 0.717) is 18.5 Å². The highest BCUT2D eigenvalue weighted by Gasteiger charge is 2.27. The zero-order chi connectivity index (χ0) is 13.1. The molecule has 0 bridgehead atoms. The predicted molar refractivity (Wildman–Crippen MR) is 72.9 cm³/mol. The fourth-order valence-corrected chi connectivity index (χ4v) is 3.37. The van der Waals surface area contributed by atoms with Gasteiger partial charge in [-0.3, -0.25) is 0 Å². The topological polar surface area (TPSA) is 46.2 Å². The lowest BCUT2D eigenvalue weighted by Gasteiger charge is -2.34. The average Bonchev–Trinajstić information content (AvgIpc) is 2.24. The minimum Gasteiger partial charge on any atom is -0.313 e. The summed E-state index contributed by atoms with van der Waals surface area (Å²) in [5.74, 6) is 1.68. The lowest BCUT2D eigenvalue weighted by atomic mass is 9.78. The Kier molecular flexibility index (Phi) is 5.45. The van der Waals surface area contributed by atoms with Gasteiger partial charge in [0.25, 0.3) is 0 Å². The van der Waals surface area contributed by atoms with Crippen LogP contribution < -0.4 is 5.32 Å². The molecule has 0 aromatic heterocycles. The molecule has 1 aliphatic carbocycles. The summed E-state index contributed by atoms with van der Waals surface area (Å²) in [6.45, 7) is 8.67. The minimum absolute atomic E-state index is 0.257. The first-order valence-electron chi connectivity index (χ1n) is 6.79. The number of nitrogens with one attached hydrogen (secondary N) is 1. The van der Waals surface area contributed by atoms with Crippen LogP contribution in [0.4, 0.5) is 0 Å². The van der Waals surface area contributed by atoms with E-state index >= 15 is 0 Å². The van der Waals surface area contributed by atoms with E-state index in [0.717, 1.165) is 5.92 Å². The van der Waals surface area contributed by atoms with E-state index < -0.39 is 9.84 Å². The van der Waals surface area contributed by atoms with Crippen LogP contribution >= 0.6 is 0 Å². The molecule has 1 aliphatic rings. The van der Waals surface area contributed by atoms with Crippen LogP contribution in [0.2, 0.25) is 0 Å². The van der Waals surface area contributed by atoms with Gasteiger partial charge in [-0.2, -0.15) is 0 Å². The molecule has 0 amide bonds. The fourth-order valence-electron chi connectivity index (χ4n) is 2.49. The van der Waals surface area contributed by atoms with Crippen LogP contribution in [0.25, 0.3) is 0 Å². The van der Waals surface area contributed by atoms with Crippen molar-refractivity contribution in [3.8, 4) is 0 Å². The zero-order valence-corrected chi connectivity index (χ0v) is 12.4. The van der Waals surface area contributed by atoms with Crippen molar-refractivity contribution in [1.82, 2.24) is 5.32 Å². The Hall–Kier alpha value is -0.0900. The second-order valence-corrected chi connectivity index (χ2v) is 8.42. The Morgan fingerprint density at radius 1 is 1.24 bits per heavy atom.